The number of likely N-dealkylation sites (N-methyl/N-ethyl adjacent to an activating group) is 1. The maximum atomic E-state index is 12.0. The first kappa shape index (κ1) is 21.9. The van der Waals surface area contributed by atoms with Gasteiger partial charge >= 0.3 is 11.9 Å². The van der Waals surface area contributed by atoms with Crippen LogP contribution in [-0.4, -0.2) is 56.8 Å². The highest BCUT2D eigenvalue weighted by Gasteiger charge is 2.25. The standard InChI is InChI=1S/C18H36NO4/c1-6-8-10-11-12-17(20)23-16(15-19(3,4)5)14-18(21)22-13-9-7-2/h16H,6-15H2,1-5H3/q+1. The van der Waals surface area contributed by atoms with Crippen molar-refractivity contribution in [1.29, 1.82) is 0 Å². The molecule has 0 saturated carbocycles. The Labute approximate surface area is 141 Å². The molecule has 0 bridgehead atoms. The van der Waals surface area contributed by atoms with Crippen molar-refractivity contribution in [2.24, 2.45) is 0 Å². The molecule has 5 heteroatoms. The van der Waals surface area contributed by atoms with E-state index < -0.39 is 6.10 Å². The third-order valence-corrected chi connectivity index (χ3v) is 3.44. The number of hydrogen-bond acceptors (Lipinski definition) is 4. The van der Waals surface area contributed by atoms with Crippen LogP contribution in [0.2, 0.25) is 0 Å². The fourth-order valence-electron chi connectivity index (χ4n) is 2.27. The van der Waals surface area contributed by atoms with Crippen LogP contribution < -0.4 is 0 Å². The van der Waals surface area contributed by atoms with Crippen LogP contribution in [0.25, 0.3) is 0 Å². The Morgan fingerprint density at radius 3 is 2.13 bits per heavy atom. The van der Waals surface area contributed by atoms with Gasteiger partial charge in [0.05, 0.1) is 34.2 Å². The number of esters is 2. The molecule has 1 atom stereocenters. The van der Waals surface area contributed by atoms with Crippen LogP contribution in [-0.2, 0) is 19.1 Å². The summed E-state index contributed by atoms with van der Waals surface area (Å²) in [5.74, 6) is -0.489. The molecular formula is C18H36NO4+. The van der Waals surface area contributed by atoms with E-state index >= 15 is 0 Å². The van der Waals surface area contributed by atoms with Crippen LogP contribution in [0.1, 0.15) is 65.2 Å². The van der Waals surface area contributed by atoms with E-state index in [1.165, 1.54) is 0 Å². The quantitative estimate of drug-likeness (QED) is 0.295. The maximum Gasteiger partial charge on any atom is 0.309 e. The summed E-state index contributed by atoms with van der Waals surface area (Å²) < 4.78 is 11.3. The summed E-state index contributed by atoms with van der Waals surface area (Å²) in [7, 11) is 6.06. The topological polar surface area (TPSA) is 52.6 Å². The molecule has 0 amide bonds. The van der Waals surface area contributed by atoms with Crippen LogP contribution in [0, 0.1) is 0 Å². The number of hydrogen-bond donors (Lipinski definition) is 0. The van der Waals surface area contributed by atoms with Crippen molar-refractivity contribution >= 4 is 11.9 Å². The smallest absolute Gasteiger partial charge is 0.309 e. The number of unbranched alkanes of at least 4 members (excludes halogenated alkanes) is 4. The Balaban J connectivity index is 4.33. The first-order chi connectivity index (χ1) is 10.8. The summed E-state index contributed by atoms with van der Waals surface area (Å²) >= 11 is 0. The number of carbonyl (C=O) groups is 2. The average molecular weight is 330 g/mol. The first-order valence-electron chi connectivity index (χ1n) is 8.94. The highest BCUT2D eigenvalue weighted by Crippen LogP contribution is 2.10. The molecule has 0 aliphatic heterocycles. The minimum absolute atomic E-state index is 0.139. The summed E-state index contributed by atoms with van der Waals surface area (Å²) in [5, 5.41) is 0. The number of carbonyl (C=O) groups excluding carboxylic acids is 2. The molecule has 1 unspecified atom stereocenters. The van der Waals surface area contributed by atoms with Crippen molar-refractivity contribution in [3.63, 3.8) is 0 Å². The van der Waals surface area contributed by atoms with Crippen molar-refractivity contribution in [1.82, 2.24) is 0 Å². The first-order valence-corrected chi connectivity index (χ1v) is 8.94. The Bertz CT molecular complexity index is 336. The van der Waals surface area contributed by atoms with E-state index in [0.717, 1.165) is 38.5 Å². The van der Waals surface area contributed by atoms with Gasteiger partial charge in [0, 0.05) is 6.42 Å². The normalized spacial score (nSPS) is 12.7. The molecule has 0 fully saturated rings. The van der Waals surface area contributed by atoms with Gasteiger partial charge in [-0.1, -0.05) is 39.5 Å². The molecule has 136 valence electrons. The Morgan fingerprint density at radius 2 is 1.57 bits per heavy atom. The Hall–Kier alpha value is -1.10. The van der Waals surface area contributed by atoms with Gasteiger partial charge in [0.1, 0.15) is 6.54 Å². The van der Waals surface area contributed by atoms with E-state index in [2.05, 4.69) is 6.92 Å². The third kappa shape index (κ3) is 14.2. The molecule has 0 aromatic rings. The lowest BCUT2D eigenvalue weighted by Crippen LogP contribution is -2.44. The number of quaternary nitrogens is 1. The highest BCUT2D eigenvalue weighted by atomic mass is 16.6. The fourth-order valence-corrected chi connectivity index (χ4v) is 2.27. The van der Waals surface area contributed by atoms with E-state index in [0.29, 0.717) is 24.1 Å². The number of ether oxygens (including phenoxy) is 2. The van der Waals surface area contributed by atoms with Gasteiger partial charge < -0.3 is 14.0 Å². The minimum atomic E-state index is -0.414. The van der Waals surface area contributed by atoms with Gasteiger partial charge in [0.25, 0.3) is 0 Å². The zero-order chi connectivity index (χ0) is 17.7. The van der Waals surface area contributed by atoms with E-state index in [-0.39, 0.29) is 18.4 Å². The molecule has 5 nitrogen and oxygen atoms in total. The Kier molecular flexibility index (Phi) is 11.7. The molecular weight excluding hydrogens is 294 g/mol. The fraction of sp³-hybridized carbons (Fsp3) is 0.889. The molecule has 0 heterocycles. The third-order valence-electron chi connectivity index (χ3n) is 3.44. The predicted molar refractivity (Wildman–Crippen MR) is 92.0 cm³/mol. The molecule has 0 aliphatic rings. The second-order valence-electron chi connectivity index (χ2n) is 7.17. The van der Waals surface area contributed by atoms with Crippen LogP contribution >= 0.6 is 0 Å². The van der Waals surface area contributed by atoms with Crippen molar-refractivity contribution in [3.8, 4) is 0 Å². The molecule has 23 heavy (non-hydrogen) atoms. The summed E-state index contributed by atoms with van der Waals surface area (Å²) in [6.45, 7) is 5.23. The van der Waals surface area contributed by atoms with Crippen molar-refractivity contribution in [2.45, 2.75) is 71.3 Å². The zero-order valence-corrected chi connectivity index (χ0v) is 15.7. The van der Waals surface area contributed by atoms with Crippen molar-refractivity contribution in [3.05, 3.63) is 0 Å². The van der Waals surface area contributed by atoms with Crippen molar-refractivity contribution < 1.29 is 23.5 Å². The minimum Gasteiger partial charge on any atom is -0.466 e. The SMILES string of the molecule is CCCCCCC(=O)OC(CC(=O)OCCCC)C[N+](C)(C)C. The molecule has 0 rings (SSSR count). The summed E-state index contributed by atoms with van der Waals surface area (Å²) in [6.07, 6.45) is 6.18. The molecule has 0 spiro atoms. The van der Waals surface area contributed by atoms with Gasteiger partial charge in [0.2, 0.25) is 0 Å². The van der Waals surface area contributed by atoms with Gasteiger partial charge in [-0.2, -0.15) is 0 Å². The van der Waals surface area contributed by atoms with Gasteiger partial charge in [-0.3, -0.25) is 9.59 Å². The lowest BCUT2D eigenvalue weighted by atomic mass is 10.1. The van der Waals surface area contributed by atoms with E-state index in [4.69, 9.17) is 9.47 Å². The van der Waals surface area contributed by atoms with Crippen LogP contribution in [0.3, 0.4) is 0 Å². The van der Waals surface area contributed by atoms with E-state index in [1.807, 2.05) is 28.1 Å². The van der Waals surface area contributed by atoms with Crippen LogP contribution in [0.15, 0.2) is 0 Å². The van der Waals surface area contributed by atoms with E-state index in [1.54, 1.807) is 0 Å². The van der Waals surface area contributed by atoms with E-state index in [9.17, 15) is 9.59 Å². The summed E-state index contributed by atoms with van der Waals surface area (Å²) in [6, 6.07) is 0. The lowest BCUT2D eigenvalue weighted by molar-refractivity contribution is -0.873. The lowest BCUT2D eigenvalue weighted by Gasteiger charge is -2.28. The molecule has 0 radical (unpaired) electrons. The van der Waals surface area contributed by atoms with Gasteiger partial charge in [-0.25, -0.2) is 0 Å². The molecule has 0 saturated heterocycles. The highest BCUT2D eigenvalue weighted by molar-refractivity contribution is 5.72. The molecule has 0 aromatic carbocycles. The largest absolute Gasteiger partial charge is 0.466 e. The second-order valence-corrected chi connectivity index (χ2v) is 7.17. The molecule has 0 N–H and O–H groups in total. The number of rotatable bonds is 13. The monoisotopic (exact) mass is 330 g/mol. The van der Waals surface area contributed by atoms with Crippen LogP contribution in [0.5, 0.6) is 0 Å². The zero-order valence-electron chi connectivity index (χ0n) is 15.7. The maximum absolute atomic E-state index is 12.0. The predicted octanol–water partition coefficient (Wildman–Crippen LogP) is 3.31. The van der Waals surface area contributed by atoms with Crippen LogP contribution in [0.4, 0.5) is 0 Å². The Morgan fingerprint density at radius 1 is 0.913 bits per heavy atom. The summed E-state index contributed by atoms with van der Waals surface area (Å²) in [5.41, 5.74) is 0. The van der Waals surface area contributed by atoms with Gasteiger partial charge in [-0.15, -0.1) is 0 Å². The van der Waals surface area contributed by atoms with Gasteiger partial charge in [0.15, 0.2) is 6.10 Å². The van der Waals surface area contributed by atoms with Crippen molar-refractivity contribution in [2.75, 3.05) is 34.3 Å². The molecule has 0 aromatic heterocycles. The summed E-state index contributed by atoms with van der Waals surface area (Å²) in [4.78, 5) is 23.8. The number of nitrogens with zero attached hydrogens (tertiary/aromatic N) is 1. The second kappa shape index (κ2) is 12.3. The average Bonchev–Trinajstić information content (AvgIpc) is 2.42. The van der Waals surface area contributed by atoms with Gasteiger partial charge in [-0.05, 0) is 12.8 Å². The molecule has 0 aliphatic carbocycles.